The quantitative estimate of drug-likeness (QED) is 0.781. The number of hydrogen-bond acceptors (Lipinski definition) is 2. The van der Waals surface area contributed by atoms with Crippen LogP contribution in [0.5, 0.6) is 0 Å². The van der Waals surface area contributed by atoms with Crippen LogP contribution in [0.3, 0.4) is 0 Å². The Morgan fingerprint density at radius 3 is 2.89 bits per heavy atom. The lowest BCUT2D eigenvalue weighted by Crippen LogP contribution is -2.41. The minimum atomic E-state index is -0.0424. The van der Waals surface area contributed by atoms with Gasteiger partial charge in [0.05, 0.1) is 5.02 Å². The molecule has 1 fully saturated rings. The molecule has 0 N–H and O–H groups in total. The number of likely N-dealkylation sites (tertiary alicyclic amines) is 1. The predicted octanol–water partition coefficient (Wildman–Crippen LogP) is 3.36. The molecular weight excluding hydrogens is 271 g/mol. The molecule has 1 aromatic heterocycles. The zero-order chi connectivity index (χ0) is 13.0. The molecule has 2 rings (SSSR count). The summed E-state index contributed by atoms with van der Waals surface area (Å²) in [6.07, 6.45) is 5.80. The maximum absolute atomic E-state index is 12.4. The molecule has 1 saturated heterocycles. The molecule has 0 aliphatic carbocycles. The van der Waals surface area contributed by atoms with Crippen molar-refractivity contribution in [3.05, 3.63) is 29.0 Å². The Morgan fingerprint density at radius 1 is 1.39 bits per heavy atom. The number of carbonyl (C=O) groups excluding carboxylic acids is 1. The third kappa shape index (κ3) is 3.15. The van der Waals surface area contributed by atoms with E-state index >= 15 is 0 Å². The van der Waals surface area contributed by atoms with Crippen LogP contribution in [0, 0.1) is 0 Å². The summed E-state index contributed by atoms with van der Waals surface area (Å²) in [4.78, 5) is 18.3. The van der Waals surface area contributed by atoms with Crippen molar-refractivity contribution < 1.29 is 4.79 Å². The third-order valence-electron chi connectivity index (χ3n) is 3.26. The summed E-state index contributed by atoms with van der Waals surface area (Å²) in [7, 11) is 0. The Morgan fingerprint density at radius 2 is 2.22 bits per heavy atom. The number of rotatable bonds is 2. The summed E-state index contributed by atoms with van der Waals surface area (Å²) < 4.78 is 0. The van der Waals surface area contributed by atoms with E-state index in [-0.39, 0.29) is 11.9 Å². The molecule has 0 spiro atoms. The van der Waals surface area contributed by atoms with Crippen molar-refractivity contribution in [1.29, 1.82) is 0 Å². The summed E-state index contributed by atoms with van der Waals surface area (Å²) in [5, 5.41) is 0.538. The Hall–Kier alpha value is -0.800. The number of pyridine rings is 1. The monoisotopic (exact) mass is 286 g/mol. The van der Waals surface area contributed by atoms with Crippen LogP contribution in [0.2, 0.25) is 5.02 Å². The van der Waals surface area contributed by atoms with Crippen molar-refractivity contribution in [2.75, 3.05) is 12.4 Å². The van der Waals surface area contributed by atoms with Crippen molar-refractivity contribution in [1.82, 2.24) is 9.88 Å². The molecule has 1 aromatic rings. The fourth-order valence-electron chi connectivity index (χ4n) is 2.25. The lowest BCUT2D eigenvalue weighted by molar-refractivity contribution is 0.0694. The largest absolute Gasteiger partial charge is 0.333 e. The Labute approximate surface area is 117 Å². The molecule has 0 bridgehead atoms. The zero-order valence-electron chi connectivity index (χ0n) is 10.1. The number of nitrogens with zero attached hydrogens (tertiary/aromatic N) is 2. The summed E-state index contributed by atoms with van der Waals surface area (Å²) in [6.45, 7) is 0.764. The third-order valence-corrected chi connectivity index (χ3v) is 3.84. The Balaban J connectivity index is 2.17. The molecule has 1 aliphatic heterocycles. The molecule has 5 heteroatoms. The van der Waals surface area contributed by atoms with Gasteiger partial charge in [-0.25, -0.2) is 4.98 Å². The van der Waals surface area contributed by atoms with Crippen LogP contribution < -0.4 is 0 Å². The van der Waals surface area contributed by atoms with Gasteiger partial charge in [-0.05, 0) is 25.0 Å². The van der Waals surface area contributed by atoms with Gasteiger partial charge in [0, 0.05) is 24.7 Å². The predicted molar refractivity (Wildman–Crippen MR) is 73.3 cm³/mol. The first-order valence-corrected chi connectivity index (χ1v) is 7.12. The number of aromatic nitrogens is 1. The second-order valence-electron chi connectivity index (χ2n) is 4.52. The van der Waals surface area contributed by atoms with Gasteiger partial charge in [0.15, 0.2) is 0 Å². The summed E-state index contributed by atoms with van der Waals surface area (Å²) in [5.74, 6) is 0.443. The van der Waals surface area contributed by atoms with E-state index in [2.05, 4.69) is 4.98 Å². The highest BCUT2D eigenvalue weighted by atomic mass is 35.5. The van der Waals surface area contributed by atoms with Gasteiger partial charge in [-0.2, -0.15) is 0 Å². The van der Waals surface area contributed by atoms with Crippen LogP contribution in [0.25, 0.3) is 0 Å². The minimum Gasteiger partial charge on any atom is -0.333 e. The van der Waals surface area contributed by atoms with E-state index in [0.717, 1.165) is 32.2 Å². The number of alkyl halides is 1. The van der Waals surface area contributed by atoms with Crippen LogP contribution in [-0.4, -0.2) is 34.3 Å². The van der Waals surface area contributed by atoms with Crippen molar-refractivity contribution >= 4 is 29.1 Å². The van der Waals surface area contributed by atoms with Crippen LogP contribution in [0.4, 0.5) is 0 Å². The molecule has 0 aromatic carbocycles. The van der Waals surface area contributed by atoms with E-state index in [0.29, 0.717) is 16.6 Å². The van der Waals surface area contributed by atoms with Crippen LogP contribution in [-0.2, 0) is 0 Å². The fourth-order valence-corrected chi connectivity index (χ4v) is 2.69. The van der Waals surface area contributed by atoms with Gasteiger partial charge in [-0.1, -0.05) is 24.4 Å². The first-order valence-electron chi connectivity index (χ1n) is 6.21. The summed E-state index contributed by atoms with van der Waals surface area (Å²) >= 11 is 11.7. The van der Waals surface area contributed by atoms with Crippen molar-refractivity contribution in [3.8, 4) is 0 Å². The van der Waals surface area contributed by atoms with E-state index < -0.39 is 0 Å². The average Bonchev–Trinajstić information content (AvgIpc) is 2.63. The van der Waals surface area contributed by atoms with Gasteiger partial charge in [0.1, 0.15) is 5.69 Å². The molecule has 98 valence electrons. The number of carbonyl (C=O) groups is 1. The highest BCUT2D eigenvalue weighted by molar-refractivity contribution is 6.30. The SMILES string of the molecule is O=C(c1ccc(Cl)cn1)N1CCCCCC1CCl. The van der Waals surface area contributed by atoms with Gasteiger partial charge in [-0.15, -0.1) is 11.6 Å². The molecule has 1 aliphatic rings. The van der Waals surface area contributed by atoms with Crippen molar-refractivity contribution in [2.24, 2.45) is 0 Å². The molecule has 0 saturated carbocycles. The second kappa shape index (κ2) is 6.39. The van der Waals surface area contributed by atoms with E-state index in [9.17, 15) is 4.79 Å². The second-order valence-corrected chi connectivity index (χ2v) is 5.26. The first-order chi connectivity index (χ1) is 8.72. The van der Waals surface area contributed by atoms with Crippen molar-refractivity contribution in [2.45, 2.75) is 31.7 Å². The van der Waals surface area contributed by atoms with E-state index in [4.69, 9.17) is 23.2 Å². The molecule has 1 unspecified atom stereocenters. The minimum absolute atomic E-state index is 0.0424. The molecule has 18 heavy (non-hydrogen) atoms. The number of hydrogen-bond donors (Lipinski definition) is 0. The van der Waals surface area contributed by atoms with Gasteiger partial charge in [0.25, 0.3) is 5.91 Å². The topological polar surface area (TPSA) is 33.2 Å². The Kier molecular flexibility index (Phi) is 4.84. The number of amides is 1. The highest BCUT2D eigenvalue weighted by Gasteiger charge is 2.26. The van der Waals surface area contributed by atoms with E-state index in [1.54, 1.807) is 12.1 Å². The van der Waals surface area contributed by atoms with Crippen LogP contribution in [0.1, 0.15) is 36.2 Å². The van der Waals surface area contributed by atoms with E-state index in [1.807, 2.05) is 4.90 Å². The molecular formula is C13H16Cl2N2O. The normalized spacial score (nSPS) is 20.6. The lowest BCUT2D eigenvalue weighted by Gasteiger charge is -2.28. The highest BCUT2D eigenvalue weighted by Crippen LogP contribution is 2.20. The molecule has 1 amide bonds. The number of halogens is 2. The smallest absolute Gasteiger partial charge is 0.272 e. The standard InChI is InChI=1S/C13H16Cl2N2O/c14-8-11-4-2-1-3-7-17(11)13(18)12-6-5-10(15)9-16-12/h5-6,9,11H,1-4,7-8H2. The lowest BCUT2D eigenvalue weighted by atomic mass is 10.1. The van der Waals surface area contributed by atoms with Crippen molar-refractivity contribution in [3.63, 3.8) is 0 Å². The van der Waals surface area contributed by atoms with Gasteiger partial charge < -0.3 is 4.90 Å². The van der Waals surface area contributed by atoms with Gasteiger partial charge in [-0.3, -0.25) is 4.79 Å². The molecule has 2 heterocycles. The van der Waals surface area contributed by atoms with E-state index in [1.165, 1.54) is 6.20 Å². The average molecular weight is 287 g/mol. The molecule has 0 radical (unpaired) electrons. The first kappa shape index (κ1) is 13.6. The van der Waals surface area contributed by atoms with Crippen LogP contribution in [0.15, 0.2) is 18.3 Å². The molecule has 3 nitrogen and oxygen atoms in total. The zero-order valence-corrected chi connectivity index (χ0v) is 11.6. The van der Waals surface area contributed by atoms with Gasteiger partial charge >= 0.3 is 0 Å². The maximum atomic E-state index is 12.4. The Bertz CT molecular complexity index is 408. The maximum Gasteiger partial charge on any atom is 0.272 e. The van der Waals surface area contributed by atoms with Crippen LogP contribution >= 0.6 is 23.2 Å². The van der Waals surface area contributed by atoms with Gasteiger partial charge in [0.2, 0.25) is 0 Å². The fraction of sp³-hybridized carbons (Fsp3) is 0.538. The summed E-state index contributed by atoms with van der Waals surface area (Å²) in [5.41, 5.74) is 0.441. The summed E-state index contributed by atoms with van der Waals surface area (Å²) in [6, 6.07) is 3.48. The molecule has 1 atom stereocenters.